The molecule has 2 aromatic rings. The van der Waals surface area contributed by atoms with E-state index in [0.717, 1.165) is 21.8 Å². The molecule has 0 spiro atoms. The summed E-state index contributed by atoms with van der Waals surface area (Å²) in [6.45, 7) is 4.48. The van der Waals surface area contributed by atoms with Crippen LogP contribution in [0.5, 0.6) is 5.75 Å². The maximum Gasteiger partial charge on any atom is 0.345 e. The number of carboxylic acids is 1. The van der Waals surface area contributed by atoms with Crippen molar-refractivity contribution in [2.75, 3.05) is 6.61 Å². The summed E-state index contributed by atoms with van der Waals surface area (Å²) in [4.78, 5) is 12.3. The predicted molar refractivity (Wildman–Crippen MR) is 72.6 cm³/mol. The van der Waals surface area contributed by atoms with Crippen LogP contribution < -0.4 is 4.74 Å². The van der Waals surface area contributed by atoms with Crippen LogP contribution in [-0.4, -0.2) is 17.7 Å². The molecule has 0 saturated heterocycles. The third kappa shape index (κ3) is 2.54. The molecule has 0 amide bonds. The second kappa shape index (κ2) is 5.23. The van der Waals surface area contributed by atoms with Crippen LogP contribution in [0.1, 0.15) is 22.2 Å². The van der Waals surface area contributed by atoms with Crippen molar-refractivity contribution in [1.82, 2.24) is 0 Å². The number of aryl methyl sites for hydroxylation is 1. The van der Waals surface area contributed by atoms with Gasteiger partial charge in [0.2, 0.25) is 0 Å². The molecule has 18 heavy (non-hydrogen) atoms. The molecule has 1 aromatic carbocycles. The molecule has 0 aliphatic rings. The van der Waals surface area contributed by atoms with Gasteiger partial charge in [-0.05, 0) is 43.2 Å². The lowest BCUT2D eigenvalue weighted by atomic mass is 10.1. The zero-order chi connectivity index (χ0) is 13.1. The van der Waals surface area contributed by atoms with E-state index in [4.69, 9.17) is 9.84 Å². The summed E-state index contributed by atoms with van der Waals surface area (Å²) in [6, 6.07) is 9.42. The Labute approximate surface area is 110 Å². The number of aromatic carboxylic acids is 1. The fourth-order valence-corrected chi connectivity index (χ4v) is 2.78. The van der Waals surface area contributed by atoms with Gasteiger partial charge in [0.25, 0.3) is 0 Å². The summed E-state index contributed by atoms with van der Waals surface area (Å²) in [5.74, 6) is -0.0741. The van der Waals surface area contributed by atoms with Crippen LogP contribution in [0.2, 0.25) is 0 Å². The number of ether oxygens (including phenoxy) is 1. The van der Waals surface area contributed by atoms with Crippen molar-refractivity contribution in [1.29, 1.82) is 0 Å². The van der Waals surface area contributed by atoms with E-state index >= 15 is 0 Å². The fraction of sp³-hybridized carbons (Fsp3) is 0.214. The van der Waals surface area contributed by atoms with Gasteiger partial charge in [0.1, 0.15) is 10.6 Å². The third-order valence-corrected chi connectivity index (χ3v) is 3.81. The second-order valence-electron chi connectivity index (χ2n) is 3.89. The molecule has 0 fully saturated rings. The van der Waals surface area contributed by atoms with E-state index in [0.29, 0.717) is 11.5 Å². The predicted octanol–water partition coefficient (Wildman–Crippen LogP) is 3.82. The van der Waals surface area contributed by atoms with Crippen molar-refractivity contribution in [3.05, 3.63) is 40.8 Å². The average Bonchev–Trinajstić information content (AvgIpc) is 2.72. The van der Waals surface area contributed by atoms with Gasteiger partial charge in [-0.3, -0.25) is 0 Å². The van der Waals surface area contributed by atoms with Gasteiger partial charge in [0.15, 0.2) is 0 Å². The van der Waals surface area contributed by atoms with E-state index in [1.807, 2.05) is 38.1 Å². The molecule has 1 heterocycles. The molecule has 3 nitrogen and oxygen atoms in total. The molecule has 0 saturated carbocycles. The van der Waals surface area contributed by atoms with Crippen LogP contribution in [0.3, 0.4) is 0 Å². The first kappa shape index (κ1) is 12.6. The molecule has 0 bridgehead atoms. The number of rotatable bonds is 4. The van der Waals surface area contributed by atoms with E-state index in [-0.39, 0.29) is 0 Å². The highest BCUT2D eigenvalue weighted by Gasteiger charge is 2.12. The van der Waals surface area contributed by atoms with Crippen molar-refractivity contribution >= 4 is 17.3 Å². The maximum atomic E-state index is 11.0. The molecule has 0 atom stereocenters. The molecule has 94 valence electrons. The highest BCUT2D eigenvalue weighted by Crippen LogP contribution is 2.34. The van der Waals surface area contributed by atoms with Crippen LogP contribution in [-0.2, 0) is 0 Å². The molecule has 0 radical (unpaired) electrons. The van der Waals surface area contributed by atoms with Crippen molar-refractivity contribution in [2.45, 2.75) is 13.8 Å². The molecule has 2 rings (SSSR count). The summed E-state index contributed by atoms with van der Waals surface area (Å²) in [5.41, 5.74) is 1.97. The number of carbonyl (C=O) groups is 1. The summed E-state index contributed by atoms with van der Waals surface area (Å²) in [5, 5.41) is 8.99. The Hall–Kier alpha value is -1.81. The van der Waals surface area contributed by atoms with E-state index in [9.17, 15) is 4.79 Å². The zero-order valence-corrected chi connectivity index (χ0v) is 11.1. The van der Waals surface area contributed by atoms with Crippen molar-refractivity contribution in [3.63, 3.8) is 0 Å². The van der Waals surface area contributed by atoms with E-state index in [1.165, 1.54) is 11.3 Å². The highest BCUT2D eigenvalue weighted by molar-refractivity contribution is 7.17. The van der Waals surface area contributed by atoms with Gasteiger partial charge in [-0.15, -0.1) is 11.3 Å². The van der Waals surface area contributed by atoms with Crippen molar-refractivity contribution < 1.29 is 14.6 Å². The monoisotopic (exact) mass is 262 g/mol. The largest absolute Gasteiger partial charge is 0.494 e. The first-order valence-electron chi connectivity index (χ1n) is 5.68. The Bertz CT molecular complexity index is 572. The minimum absolute atomic E-state index is 0.365. The second-order valence-corrected chi connectivity index (χ2v) is 4.94. The van der Waals surface area contributed by atoms with Gasteiger partial charge < -0.3 is 9.84 Å². The van der Waals surface area contributed by atoms with Gasteiger partial charge in [0, 0.05) is 4.88 Å². The summed E-state index contributed by atoms with van der Waals surface area (Å²) in [6.07, 6.45) is 0. The third-order valence-electron chi connectivity index (χ3n) is 2.54. The Morgan fingerprint density at radius 1 is 1.39 bits per heavy atom. The van der Waals surface area contributed by atoms with Crippen LogP contribution in [0.4, 0.5) is 0 Å². The Morgan fingerprint density at radius 3 is 2.78 bits per heavy atom. The van der Waals surface area contributed by atoms with E-state index in [1.54, 1.807) is 6.07 Å². The van der Waals surface area contributed by atoms with Gasteiger partial charge >= 0.3 is 5.97 Å². The number of hydrogen-bond donors (Lipinski definition) is 1. The van der Waals surface area contributed by atoms with Gasteiger partial charge in [-0.2, -0.15) is 0 Å². The molecule has 0 aliphatic carbocycles. The molecule has 1 N–H and O–H groups in total. The summed E-state index contributed by atoms with van der Waals surface area (Å²) < 4.78 is 5.45. The van der Waals surface area contributed by atoms with E-state index in [2.05, 4.69) is 0 Å². The zero-order valence-electron chi connectivity index (χ0n) is 10.3. The Balaban J connectivity index is 2.41. The Morgan fingerprint density at radius 2 is 2.17 bits per heavy atom. The number of carboxylic acid groups (broad SMARTS) is 1. The van der Waals surface area contributed by atoms with Crippen LogP contribution in [0, 0.1) is 6.92 Å². The van der Waals surface area contributed by atoms with Crippen LogP contribution in [0.25, 0.3) is 10.4 Å². The molecule has 4 heteroatoms. The van der Waals surface area contributed by atoms with Crippen molar-refractivity contribution in [3.8, 4) is 16.2 Å². The molecule has 0 aliphatic heterocycles. The normalized spacial score (nSPS) is 10.3. The molecular formula is C14H14O3S. The van der Waals surface area contributed by atoms with Crippen LogP contribution >= 0.6 is 11.3 Å². The van der Waals surface area contributed by atoms with Gasteiger partial charge in [-0.25, -0.2) is 4.79 Å². The molecule has 0 unspecified atom stereocenters. The first-order valence-corrected chi connectivity index (χ1v) is 6.50. The van der Waals surface area contributed by atoms with Gasteiger partial charge in [0.05, 0.1) is 6.61 Å². The van der Waals surface area contributed by atoms with E-state index < -0.39 is 5.97 Å². The molecule has 1 aromatic heterocycles. The lowest BCUT2D eigenvalue weighted by Crippen LogP contribution is -1.91. The average molecular weight is 262 g/mol. The number of benzene rings is 1. The Kier molecular flexibility index (Phi) is 3.67. The van der Waals surface area contributed by atoms with Crippen molar-refractivity contribution in [2.24, 2.45) is 0 Å². The topological polar surface area (TPSA) is 46.5 Å². The quantitative estimate of drug-likeness (QED) is 0.911. The SMILES string of the molecule is CCOc1cccc(-c2sc(C(=O)O)cc2C)c1. The minimum atomic E-state index is -0.879. The minimum Gasteiger partial charge on any atom is -0.494 e. The fourth-order valence-electron chi connectivity index (χ4n) is 1.77. The number of thiophene rings is 1. The lowest BCUT2D eigenvalue weighted by Gasteiger charge is -2.05. The standard InChI is InChI=1S/C14H14O3S/c1-3-17-11-6-4-5-10(8-11)13-9(2)7-12(18-13)14(15)16/h4-8H,3H2,1-2H3,(H,15,16). The summed E-state index contributed by atoms with van der Waals surface area (Å²) >= 11 is 1.29. The first-order chi connectivity index (χ1) is 8.61. The number of hydrogen-bond acceptors (Lipinski definition) is 3. The summed E-state index contributed by atoms with van der Waals surface area (Å²) in [7, 11) is 0. The maximum absolute atomic E-state index is 11.0. The lowest BCUT2D eigenvalue weighted by molar-refractivity contribution is 0.0702. The smallest absolute Gasteiger partial charge is 0.345 e. The van der Waals surface area contributed by atoms with Crippen LogP contribution in [0.15, 0.2) is 30.3 Å². The molecular weight excluding hydrogens is 248 g/mol. The highest BCUT2D eigenvalue weighted by atomic mass is 32.1. The van der Waals surface area contributed by atoms with Gasteiger partial charge in [-0.1, -0.05) is 12.1 Å².